The van der Waals surface area contributed by atoms with E-state index in [4.69, 9.17) is 0 Å². The fourth-order valence-electron chi connectivity index (χ4n) is 4.23. The molecule has 0 bridgehead atoms. The maximum absolute atomic E-state index is 13.2. The summed E-state index contributed by atoms with van der Waals surface area (Å²) in [5.41, 5.74) is 4.01. The fourth-order valence-corrected chi connectivity index (χ4v) is 5.27. The van der Waals surface area contributed by atoms with E-state index in [1.165, 1.54) is 16.9 Å². The molecular weight excluding hydrogens is 432 g/mol. The van der Waals surface area contributed by atoms with E-state index in [1.807, 2.05) is 43.0 Å². The van der Waals surface area contributed by atoms with Crippen molar-refractivity contribution in [1.82, 2.24) is 20.2 Å². The molecule has 4 rings (SSSR count). The number of thiazole rings is 1. The van der Waals surface area contributed by atoms with Crippen molar-refractivity contribution in [2.75, 3.05) is 13.1 Å². The van der Waals surface area contributed by atoms with Gasteiger partial charge in [-0.1, -0.05) is 42.8 Å². The van der Waals surface area contributed by atoms with Crippen LogP contribution >= 0.6 is 11.3 Å². The van der Waals surface area contributed by atoms with Crippen molar-refractivity contribution in [3.63, 3.8) is 0 Å². The van der Waals surface area contributed by atoms with Gasteiger partial charge in [0.2, 0.25) is 5.91 Å². The number of nitrogens with one attached hydrogen (secondary N) is 1. The summed E-state index contributed by atoms with van der Waals surface area (Å²) in [5, 5.41) is 3.90. The number of aryl methyl sites for hydroxylation is 2. The lowest BCUT2D eigenvalue weighted by atomic mass is 9.84. The smallest absolute Gasteiger partial charge is 0.265 e. The van der Waals surface area contributed by atoms with Gasteiger partial charge >= 0.3 is 0 Å². The molecule has 1 aliphatic heterocycles. The van der Waals surface area contributed by atoms with Gasteiger partial charge in [0, 0.05) is 43.5 Å². The van der Waals surface area contributed by atoms with E-state index < -0.39 is 0 Å². The minimum Gasteiger partial charge on any atom is -0.352 e. The lowest BCUT2D eigenvalue weighted by molar-refractivity contribution is -0.126. The number of hydrogen-bond acceptors (Lipinski definition) is 5. The molecular formula is C26H30N4O2S. The van der Waals surface area contributed by atoms with E-state index in [0.29, 0.717) is 24.5 Å². The summed E-state index contributed by atoms with van der Waals surface area (Å²) in [4.78, 5) is 37.2. The largest absolute Gasteiger partial charge is 0.352 e. The first kappa shape index (κ1) is 23.1. The van der Waals surface area contributed by atoms with Gasteiger partial charge < -0.3 is 10.2 Å². The number of hydrogen-bond donors (Lipinski definition) is 1. The fraction of sp³-hybridized carbons (Fsp3) is 0.385. The molecule has 172 valence electrons. The van der Waals surface area contributed by atoms with Crippen molar-refractivity contribution >= 4 is 23.2 Å². The van der Waals surface area contributed by atoms with Gasteiger partial charge in [0.1, 0.15) is 9.88 Å². The van der Waals surface area contributed by atoms with Crippen molar-refractivity contribution in [3.05, 3.63) is 70.5 Å². The summed E-state index contributed by atoms with van der Waals surface area (Å²) in [6.45, 7) is 7.77. The number of piperidine rings is 1. The van der Waals surface area contributed by atoms with Crippen molar-refractivity contribution in [1.29, 1.82) is 0 Å². The molecule has 7 heteroatoms. The highest BCUT2D eigenvalue weighted by molar-refractivity contribution is 7.17. The molecule has 3 aromatic rings. The predicted octanol–water partition coefficient (Wildman–Crippen LogP) is 4.63. The molecule has 1 aromatic carbocycles. The van der Waals surface area contributed by atoms with E-state index >= 15 is 0 Å². The molecule has 2 amide bonds. The number of rotatable bonds is 6. The summed E-state index contributed by atoms with van der Waals surface area (Å²) in [5.74, 6) is 0.297. The summed E-state index contributed by atoms with van der Waals surface area (Å²) in [6, 6.07) is 12.0. The van der Waals surface area contributed by atoms with Crippen molar-refractivity contribution in [2.24, 2.45) is 11.8 Å². The molecule has 3 heterocycles. The number of carbonyl (C=O) groups is 2. The number of likely N-dealkylation sites (tertiary alicyclic amines) is 1. The first-order valence-corrected chi connectivity index (χ1v) is 12.2. The minimum atomic E-state index is -0.0859. The first-order valence-electron chi connectivity index (χ1n) is 11.4. The lowest BCUT2D eigenvalue weighted by Gasteiger charge is -2.34. The SMILES string of the molecule is Cc1ccc(-c2nc(C)c(C(=O)N3CCC([C@H](C)C(=O)NCc4cccnc4)CC3)s2)cc1. The zero-order valence-electron chi connectivity index (χ0n) is 19.4. The third-order valence-corrected chi connectivity index (χ3v) is 7.62. The molecule has 6 nitrogen and oxygen atoms in total. The summed E-state index contributed by atoms with van der Waals surface area (Å²) >= 11 is 1.47. The van der Waals surface area contributed by atoms with Gasteiger partial charge in [0.25, 0.3) is 5.91 Å². The van der Waals surface area contributed by atoms with Crippen LogP contribution in [0.15, 0.2) is 48.8 Å². The van der Waals surface area contributed by atoms with Crippen LogP contribution in [0.25, 0.3) is 10.6 Å². The highest BCUT2D eigenvalue weighted by Crippen LogP contribution is 2.31. The lowest BCUT2D eigenvalue weighted by Crippen LogP contribution is -2.42. The molecule has 1 atom stereocenters. The molecule has 1 aliphatic rings. The van der Waals surface area contributed by atoms with Crippen LogP contribution in [0.3, 0.4) is 0 Å². The third-order valence-electron chi connectivity index (χ3n) is 6.43. The number of pyridine rings is 1. The Balaban J connectivity index is 1.32. The maximum Gasteiger partial charge on any atom is 0.265 e. The number of benzene rings is 1. The van der Waals surface area contributed by atoms with Crippen LogP contribution in [-0.4, -0.2) is 39.8 Å². The predicted molar refractivity (Wildman–Crippen MR) is 131 cm³/mol. The summed E-state index contributed by atoms with van der Waals surface area (Å²) in [7, 11) is 0. The Hall–Kier alpha value is -3.06. The summed E-state index contributed by atoms with van der Waals surface area (Å²) in [6.07, 6.45) is 5.15. The standard InChI is InChI=1S/C26H30N4O2S/c1-17-6-8-22(9-7-17)25-29-19(3)23(33-25)26(32)30-13-10-21(11-14-30)18(2)24(31)28-16-20-5-4-12-27-15-20/h4-9,12,15,18,21H,10-11,13-14,16H2,1-3H3,(H,28,31)/t18-/m0/s1. The van der Waals surface area contributed by atoms with E-state index in [2.05, 4.69) is 34.3 Å². The molecule has 1 fully saturated rings. The van der Waals surface area contributed by atoms with Gasteiger partial charge in [0.15, 0.2) is 0 Å². The van der Waals surface area contributed by atoms with Crippen LogP contribution in [0.5, 0.6) is 0 Å². The Morgan fingerprint density at radius 2 is 1.88 bits per heavy atom. The van der Waals surface area contributed by atoms with Gasteiger partial charge in [0.05, 0.1) is 5.69 Å². The van der Waals surface area contributed by atoms with Gasteiger partial charge in [-0.3, -0.25) is 14.6 Å². The summed E-state index contributed by atoms with van der Waals surface area (Å²) < 4.78 is 0. The topological polar surface area (TPSA) is 75.2 Å². The van der Waals surface area contributed by atoms with E-state index in [9.17, 15) is 9.59 Å². The molecule has 2 aromatic heterocycles. The molecule has 0 unspecified atom stereocenters. The molecule has 0 aliphatic carbocycles. The minimum absolute atomic E-state index is 0.0514. The Kier molecular flexibility index (Phi) is 7.18. The van der Waals surface area contributed by atoms with Crippen LogP contribution in [0.1, 0.15) is 46.3 Å². The van der Waals surface area contributed by atoms with Crippen LogP contribution in [0.4, 0.5) is 0 Å². The number of amides is 2. The van der Waals surface area contributed by atoms with Gasteiger partial charge in [-0.2, -0.15) is 0 Å². The Morgan fingerprint density at radius 3 is 2.55 bits per heavy atom. The van der Waals surface area contributed by atoms with Crippen LogP contribution < -0.4 is 5.32 Å². The maximum atomic E-state index is 13.2. The zero-order valence-corrected chi connectivity index (χ0v) is 20.2. The van der Waals surface area contributed by atoms with Crippen molar-refractivity contribution in [2.45, 2.75) is 40.2 Å². The quantitative estimate of drug-likeness (QED) is 0.580. The average molecular weight is 463 g/mol. The van der Waals surface area contributed by atoms with E-state index in [1.54, 1.807) is 12.4 Å². The van der Waals surface area contributed by atoms with Crippen LogP contribution in [0.2, 0.25) is 0 Å². The van der Waals surface area contributed by atoms with Gasteiger partial charge in [-0.25, -0.2) is 4.98 Å². The number of aromatic nitrogens is 2. The Bertz CT molecular complexity index is 1100. The van der Waals surface area contributed by atoms with E-state index in [-0.39, 0.29) is 23.7 Å². The Labute approximate surface area is 199 Å². The molecule has 1 N–H and O–H groups in total. The molecule has 1 saturated heterocycles. The second kappa shape index (κ2) is 10.3. The second-order valence-electron chi connectivity index (χ2n) is 8.80. The molecule has 0 radical (unpaired) electrons. The molecule has 0 saturated carbocycles. The van der Waals surface area contributed by atoms with Gasteiger partial charge in [-0.15, -0.1) is 11.3 Å². The van der Waals surface area contributed by atoms with Gasteiger partial charge in [-0.05, 0) is 44.2 Å². The van der Waals surface area contributed by atoms with Crippen molar-refractivity contribution < 1.29 is 9.59 Å². The second-order valence-corrected chi connectivity index (χ2v) is 9.80. The normalized spacial score (nSPS) is 15.3. The number of nitrogens with zero attached hydrogens (tertiary/aromatic N) is 3. The zero-order chi connectivity index (χ0) is 23.4. The van der Waals surface area contributed by atoms with Crippen LogP contribution in [0, 0.1) is 25.7 Å². The third kappa shape index (κ3) is 5.47. The highest BCUT2D eigenvalue weighted by Gasteiger charge is 2.31. The average Bonchev–Trinajstić information content (AvgIpc) is 3.24. The molecule has 33 heavy (non-hydrogen) atoms. The number of carbonyl (C=O) groups excluding carboxylic acids is 2. The molecule has 0 spiro atoms. The van der Waals surface area contributed by atoms with E-state index in [0.717, 1.165) is 34.7 Å². The highest BCUT2D eigenvalue weighted by atomic mass is 32.1. The van der Waals surface area contributed by atoms with Crippen LogP contribution in [-0.2, 0) is 11.3 Å². The van der Waals surface area contributed by atoms with Crippen molar-refractivity contribution in [3.8, 4) is 10.6 Å². The Morgan fingerprint density at radius 1 is 1.15 bits per heavy atom. The first-order chi connectivity index (χ1) is 15.9. The monoisotopic (exact) mass is 462 g/mol.